The number of nitrogens with zero attached hydrogens (tertiary/aromatic N) is 3. The minimum atomic E-state index is 0.334. The third-order valence-corrected chi connectivity index (χ3v) is 5.53. The van der Waals surface area contributed by atoms with Crippen molar-refractivity contribution in [2.24, 2.45) is 11.7 Å². The Labute approximate surface area is 131 Å². The van der Waals surface area contributed by atoms with E-state index in [2.05, 4.69) is 23.4 Å². The molecule has 5 heteroatoms. The predicted molar refractivity (Wildman–Crippen MR) is 88.0 cm³/mol. The van der Waals surface area contributed by atoms with Crippen LogP contribution < -0.4 is 11.1 Å². The van der Waals surface area contributed by atoms with Gasteiger partial charge >= 0.3 is 0 Å². The molecule has 2 aromatic rings. The molecule has 5 nitrogen and oxygen atoms in total. The van der Waals surface area contributed by atoms with Crippen LogP contribution in [-0.2, 0) is 0 Å². The number of anilines is 1. The molecular formula is C17H25N5. The molecule has 0 aromatic carbocycles. The highest BCUT2D eigenvalue weighted by atomic mass is 15.3. The second-order valence-electron chi connectivity index (χ2n) is 7.06. The van der Waals surface area contributed by atoms with Crippen LogP contribution in [0.15, 0.2) is 18.3 Å². The normalized spacial score (nSPS) is 27.0. The highest BCUT2D eigenvalue weighted by molar-refractivity contribution is 5.50. The van der Waals surface area contributed by atoms with Gasteiger partial charge in [-0.3, -0.25) is 0 Å². The number of rotatable bonds is 4. The number of hydrogen-bond acceptors (Lipinski definition) is 4. The molecule has 0 spiro atoms. The van der Waals surface area contributed by atoms with Crippen LogP contribution in [0, 0.1) is 5.92 Å². The monoisotopic (exact) mass is 299 g/mol. The standard InChI is InChI=1S/C17H25N5/c1-11(12-3-2-4-12)15-10-17(20-14-6-5-13(18)9-14)22-16(21-15)7-8-19-22/h7-8,10-14,20H,2-6,9,18H2,1H3/t11-,13+,14+/m1/s1. The molecule has 0 unspecified atom stereocenters. The summed E-state index contributed by atoms with van der Waals surface area (Å²) in [5.74, 6) is 2.39. The summed E-state index contributed by atoms with van der Waals surface area (Å²) in [7, 11) is 0. The molecular weight excluding hydrogens is 274 g/mol. The molecule has 0 aliphatic heterocycles. The summed E-state index contributed by atoms with van der Waals surface area (Å²) in [5.41, 5.74) is 8.18. The van der Waals surface area contributed by atoms with Gasteiger partial charge in [0.05, 0.1) is 6.20 Å². The Kier molecular flexibility index (Phi) is 3.53. The van der Waals surface area contributed by atoms with Crippen molar-refractivity contribution in [2.75, 3.05) is 5.32 Å². The first kappa shape index (κ1) is 14.0. The molecule has 2 heterocycles. The molecule has 0 saturated heterocycles. The largest absolute Gasteiger partial charge is 0.367 e. The number of nitrogens with one attached hydrogen (secondary N) is 1. The zero-order valence-corrected chi connectivity index (χ0v) is 13.2. The summed E-state index contributed by atoms with van der Waals surface area (Å²) in [4.78, 5) is 4.82. The molecule has 3 N–H and O–H groups in total. The van der Waals surface area contributed by atoms with E-state index in [1.807, 2.05) is 16.8 Å². The van der Waals surface area contributed by atoms with Crippen LogP contribution in [0.5, 0.6) is 0 Å². The highest BCUT2D eigenvalue weighted by Gasteiger charge is 2.27. The van der Waals surface area contributed by atoms with Crippen LogP contribution in [-0.4, -0.2) is 26.7 Å². The molecule has 22 heavy (non-hydrogen) atoms. The maximum Gasteiger partial charge on any atom is 0.157 e. The van der Waals surface area contributed by atoms with E-state index < -0.39 is 0 Å². The van der Waals surface area contributed by atoms with Crippen molar-refractivity contribution in [1.82, 2.24) is 14.6 Å². The van der Waals surface area contributed by atoms with Crippen molar-refractivity contribution in [3.05, 3.63) is 24.0 Å². The van der Waals surface area contributed by atoms with Crippen molar-refractivity contribution < 1.29 is 0 Å². The Morgan fingerprint density at radius 1 is 1.32 bits per heavy atom. The second-order valence-corrected chi connectivity index (χ2v) is 7.06. The first-order chi connectivity index (χ1) is 10.7. The maximum absolute atomic E-state index is 6.04. The van der Waals surface area contributed by atoms with Crippen LogP contribution in [0.4, 0.5) is 5.82 Å². The average Bonchev–Trinajstić information content (AvgIpc) is 3.05. The molecule has 0 radical (unpaired) electrons. The summed E-state index contributed by atoms with van der Waals surface area (Å²) in [6, 6.07) is 4.98. The Morgan fingerprint density at radius 3 is 2.86 bits per heavy atom. The molecule has 2 fully saturated rings. The Balaban J connectivity index is 1.64. The zero-order valence-electron chi connectivity index (χ0n) is 13.2. The quantitative estimate of drug-likeness (QED) is 0.911. The van der Waals surface area contributed by atoms with E-state index in [0.29, 0.717) is 18.0 Å². The fourth-order valence-corrected chi connectivity index (χ4v) is 3.81. The van der Waals surface area contributed by atoms with Gasteiger partial charge in [-0.25, -0.2) is 4.98 Å². The minimum Gasteiger partial charge on any atom is -0.367 e. The molecule has 2 aromatic heterocycles. The van der Waals surface area contributed by atoms with Crippen molar-refractivity contribution in [3.8, 4) is 0 Å². The predicted octanol–water partition coefficient (Wildman–Crippen LogP) is 2.92. The van der Waals surface area contributed by atoms with E-state index in [4.69, 9.17) is 10.7 Å². The van der Waals surface area contributed by atoms with Gasteiger partial charge in [-0.15, -0.1) is 0 Å². The molecule has 118 valence electrons. The van der Waals surface area contributed by atoms with Gasteiger partial charge in [0.25, 0.3) is 0 Å². The Bertz CT molecular complexity index is 660. The molecule has 0 bridgehead atoms. The van der Waals surface area contributed by atoms with E-state index in [1.54, 1.807) is 0 Å². The highest BCUT2D eigenvalue weighted by Crippen LogP contribution is 2.39. The van der Waals surface area contributed by atoms with Gasteiger partial charge in [-0.1, -0.05) is 13.3 Å². The lowest BCUT2D eigenvalue weighted by Crippen LogP contribution is -2.23. The van der Waals surface area contributed by atoms with Crippen molar-refractivity contribution in [1.29, 1.82) is 0 Å². The molecule has 2 aliphatic carbocycles. The molecule has 0 amide bonds. The molecule has 2 aliphatic rings. The number of fused-ring (bicyclic) bond motifs is 1. The fraction of sp³-hybridized carbons (Fsp3) is 0.647. The van der Waals surface area contributed by atoms with Crippen LogP contribution in [0.1, 0.15) is 57.1 Å². The summed E-state index contributed by atoms with van der Waals surface area (Å²) in [6.07, 6.45) is 9.16. The first-order valence-electron chi connectivity index (χ1n) is 8.57. The smallest absolute Gasteiger partial charge is 0.157 e. The van der Waals surface area contributed by atoms with E-state index in [0.717, 1.165) is 36.6 Å². The minimum absolute atomic E-state index is 0.334. The van der Waals surface area contributed by atoms with E-state index in [-0.39, 0.29) is 0 Å². The third-order valence-electron chi connectivity index (χ3n) is 5.53. The van der Waals surface area contributed by atoms with Gasteiger partial charge < -0.3 is 11.1 Å². The van der Waals surface area contributed by atoms with E-state index in [1.165, 1.54) is 25.0 Å². The summed E-state index contributed by atoms with van der Waals surface area (Å²) in [5, 5.41) is 8.07. The zero-order chi connectivity index (χ0) is 15.1. The van der Waals surface area contributed by atoms with Crippen LogP contribution >= 0.6 is 0 Å². The summed E-state index contributed by atoms with van der Waals surface area (Å²) >= 11 is 0. The van der Waals surface area contributed by atoms with Gasteiger partial charge in [-0.2, -0.15) is 9.61 Å². The fourth-order valence-electron chi connectivity index (χ4n) is 3.81. The first-order valence-corrected chi connectivity index (χ1v) is 8.57. The van der Waals surface area contributed by atoms with Gasteiger partial charge in [-0.05, 0) is 38.0 Å². The SMILES string of the molecule is C[C@@H](c1cc(N[C@H]2CC[C@H](N)C2)n2nccc2n1)C1CCC1. The maximum atomic E-state index is 6.04. The average molecular weight is 299 g/mol. The van der Waals surface area contributed by atoms with E-state index >= 15 is 0 Å². The molecule has 3 atom stereocenters. The number of nitrogens with two attached hydrogens (primary N) is 1. The van der Waals surface area contributed by atoms with Crippen LogP contribution in [0.3, 0.4) is 0 Å². The second kappa shape index (κ2) is 5.54. The lowest BCUT2D eigenvalue weighted by Gasteiger charge is -2.31. The van der Waals surface area contributed by atoms with Crippen LogP contribution in [0.25, 0.3) is 5.65 Å². The lowest BCUT2D eigenvalue weighted by atomic mass is 9.75. The Morgan fingerprint density at radius 2 is 2.18 bits per heavy atom. The number of aromatic nitrogens is 3. The summed E-state index contributed by atoms with van der Waals surface area (Å²) < 4.78 is 1.92. The topological polar surface area (TPSA) is 68.2 Å². The van der Waals surface area contributed by atoms with Crippen molar-refractivity contribution >= 4 is 11.5 Å². The van der Waals surface area contributed by atoms with Gasteiger partial charge in [0.1, 0.15) is 5.82 Å². The van der Waals surface area contributed by atoms with Crippen molar-refractivity contribution in [3.63, 3.8) is 0 Å². The molecule has 2 saturated carbocycles. The van der Waals surface area contributed by atoms with Crippen LogP contribution in [0.2, 0.25) is 0 Å². The number of hydrogen-bond donors (Lipinski definition) is 2. The van der Waals surface area contributed by atoms with Crippen molar-refractivity contribution in [2.45, 2.75) is 63.5 Å². The van der Waals surface area contributed by atoms with Gasteiger partial charge in [0.2, 0.25) is 0 Å². The van der Waals surface area contributed by atoms with Gasteiger partial charge in [0.15, 0.2) is 5.65 Å². The third kappa shape index (κ3) is 2.47. The Hall–Kier alpha value is -1.62. The summed E-state index contributed by atoms with van der Waals surface area (Å²) in [6.45, 7) is 2.31. The lowest BCUT2D eigenvalue weighted by molar-refractivity contribution is 0.269. The van der Waals surface area contributed by atoms with Gasteiger partial charge in [0, 0.05) is 35.8 Å². The van der Waals surface area contributed by atoms with E-state index in [9.17, 15) is 0 Å². The molecule has 4 rings (SSSR count).